The molecular weight excluding hydrogens is 301 g/mol. The third kappa shape index (κ3) is 4.44. The minimum Gasteiger partial charge on any atom is -0.505 e. The van der Waals surface area contributed by atoms with Gasteiger partial charge in [-0.1, -0.05) is 37.0 Å². The Bertz CT molecular complexity index is 566. The predicted octanol–water partition coefficient (Wildman–Crippen LogP) is 4.16. The number of aromatic hydroxyl groups is 1. The minimum absolute atomic E-state index is 0.0450. The number of phenolic OH excluding ortho intramolecular Hbond substituents is 1. The molecule has 106 valence electrons. The molecule has 4 nitrogen and oxygen atoms in total. The first-order valence-electron chi connectivity index (χ1n) is 5.79. The highest BCUT2D eigenvalue weighted by atomic mass is 35.5. The molecule has 0 saturated carbocycles. The van der Waals surface area contributed by atoms with Gasteiger partial charge in [-0.25, -0.2) is 4.85 Å². The van der Waals surface area contributed by atoms with Gasteiger partial charge in [-0.2, -0.15) is 0 Å². The largest absolute Gasteiger partial charge is 0.505 e. The summed E-state index contributed by atoms with van der Waals surface area (Å²) in [5.41, 5.74) is 0.258. The van der Waals surface area contributed by atoms with E-state index in [9.17, 15) is 9.90 Å². The fourth-order valence-electron chi connectivity index (χ4n) is 1.28. The number of rotatable bonds is 4. The predicted molar refractivity (Wildman–Crippen MR) is 78.5 cm³/mol. The normalized spacial score (nSPS) is 11.3. The first kappa shape index (κ1) is 16.4. The van der Waals surface area contributed by atoms with Crippen molar-refractivity contribution in [3.8, 4) is 5.75 Å². The Hall–Kier alpha value is -1.70. The number of esters is 1. The molecular formula is C14H13Cl2NO3. The van der Waals surface area contributed by atoms with Crippen LogP contribution < -0.4 is 0 Å². The van der Waals surface area contributed by atoms with E-state index in [1.807, 2.05) is 13.8 Å². The Balaban J connectivity index is 3.01. The molecule has 0 aliphatic rings. The van der Waals surface area contributed by atoms with Crippen LogP contribution in [0.2, 0.25) is 10.0 Å². The highest BCUT2D eigenvalue weighted by molar-refractivity contribution is 6.37. The van der Waals surface area contributed by atoms with Crippen molar-refractivity contribution in [3.63, 3.8) is 0 Å². The summed E-state index contributed by atoms with van der Waals surface area (Å²) in [6.07, 6.45) is 1.31. The number of phenols is 1. The van der Waals surface area contributed by atoms with Crippen LogP contribution in [0.5, 0.6) is 5.75 Å². The fourth-order valence-corrected chi connectivity index (χ4v) is 1.78. The van der Waals surface area contributed by atoms with E-state index in [0.29, 0.717) is 5.56 Å². The van der Waals surface area contributed by atoms with Crippen LogP contribution >= 0.6 is 23.2 Å². The van der Waals surface area contributed by atoms with Crippen molar-refractivity contribution >= 4 is 35.2 Å². The van der Waals surface area contributed by atoms with Crippen LogP contribution in [-0.4, -0.2) is 17.7 Å². The van der Waals surface area contributed by atoms with Gasteiger partial charge in [0, 0.05) is 0 Å². The number of carbonyl (C=O) groups is 1. The summed E-state index contributed by atoms with van der Waals surface area (Å²) >= 11 is 11.5. The van der Waals surface area contributed by atoms with Crippen LogP contribution in [0.4, 0.5) is 0 Å². The van der Waals surface area contributed by atoms with Gasteiger partial charge in [0.2, 0.25) is 0 Å². The zero-order chi connectivity index (χ0) is 15.3. The molecule has 0 radical (unpaired) electrons. The molecule has 6 heteroatoms. The lowest BCUT2D eigenvalue weighted by atomic mass is 10.2. The SMILES string of the molecule is [C-]#[N+]C(=Cc1cc(Cl)c(O)c(Cl)c1)C(=O)OCC(C)C. The van der Waals surface area contributed by atoms with Gasteiger partial charge in [-0.05, 0) is 29.7 Å². The van der Waals surface area contributed by atoms with E-state index < -0.39 is 5.97 Å². The van der Waals surface area contributed by atoms with E-state index in [4.69, 9.17) is 34.5 Å². The van der Waals surface area contributed by atoms with Gasteiger partial charge in [0.1, 0.15) is 0 Å². The van der Waals surface area contributed by atoms with Gasteiger partial charge in [-0.15, -0.1) is 0 Å². The highest BCUT2D eigenvalue weighted by Gasteiger charge is 2.13. The van der Waals surface area contributed by atoms with Gasteiger partial charge in [0.15, 0.2) is 5.75 Å². The number of hydrogen-bond acceptors (Lipinski definition) is 3. The molecule has 0 saturated heterocycles. The van der Waals surface area contributed by atoms with Crippen LogP contribution in [0.15, 0.2) is 17.8 Å². The summed E-state index contributed by atoms with van der Waals surface area (Å²) in [6, 6.07) is 2.81. The van der Waals surface area contributed by atoms with Crippen molar-refractivity contribution in [1.82, 2.24) is 0 Å². The second-order valence-corrected chi connectivity index (χ2v) is 5.28. The smallest absolute Gasteiger partial charge is 0.336 e. The number of nitrogens with zero attached hydrogens (tertiary/aromatic N) is 1. The summed E-state index contributed by atoms with van der Waals surface area (Å²) in [7, 11) is 0. The van der Waals surface area contributed by atoms with Gasteiger partial charge in [0.05, 0.1) is 23.2 Å². The average molecular weight is 314 g/mol. The Morgan fingerprint density at radius 3 is 2.45 bits per heavy atom. The second kappa shape index (κ2) is 7.18. The molecule has 1 N–H and O–H groups in total. The quantitative estimate of drug-likeness (QED) is 0.516. The molecule has 1 aromatic carbocycles. The Morgan fingerprint density at radius 2 is 2.00 bits per heavy atom. The number of benzene rings is 1. The first-order valence-corrected chi connectivity index (χ1v) is 6.55. The lowest BCUT2D eigenvalue weighted by Gasteiger charge is -2.06. The molecule has 0 bridgehead atoms. The standard InChI is InChI=1S/C14H13Cl2NO3/c1-8(2)7-20-14(19)12(17-3)6-9-4-10(15)13(18)11(16)5-9/h4-6,8,18H,7H2,1-2H3. The van der Waals surface area contributed by atoms with Crippen LogP contribution in [0.3, 0.4) is 0 Å². The number of hydrogen-bond donors (Lipinski definition) is 1. The van der Waals surface area contributed by atoms with Gasteiger partial charge in [0.25, 0.3) is 5.70 Å². The Morgan fingerprint density at radius 1 is 1.45 bits per heavy atom. The molecule has 0 aromatic heterocycles. The summed E-state index contributed by atoms with van der Waals surface area (Å²) in [5, 5.41) is 9.53. The van der Waals surface area contributed by atoms with Crippen LogP contribution in [-0.2, 0) is 9.53 Å². The molecule has 0 aliphatic heterocycles. The molecule has 0 amide bonds. The lowest BCUT2D eigenvalue weighted by molar-refractivity contribution is -0.139. The summed E-state index contributed by atoms with van der Waals surface area (Å²) in [4.78, 5) is 14.8. The van der Waals surface area contributed by atoms with E-state index >= 15 is 0 Å². The topological polar surface area (TPSA) is 50.9 Å². The van der Waals surface area contributed by atoms with Gasteiger partial charge >= 0.3 is 5.97 Å². The van der Waals surface area contributed by atoms with E-state index in [0.717, 1.165) is 0 Å². The van der Waals surface area contributed by atoms with Crippen molar-refractivity contribution < 1.29 is 14.6 Å². The monoisotopic (exact) mass is 313 g/mol. The van der Waals surface area contributed by atoms with E-state index in [1.54, 1.807) is 0 Å². The second-order valence-electron chi connectivity index (χ2n) is 4.47. The number of ether oxygens (including phenoxy) is 1. The maximum absolute atomic E-state index is 11.7. The van der Waals surface area contributed by atoms with Crippen molar-refractivity contribution in [1.29, 1.82) is 0 Å². The maximum Gasteiger partial charge on any atom is 0.336 e. The molecule has 0 heterocycles. The molecule has 0 atom stereocenters. The molecule has 0 unspecified atom stereocenters. The van der Waals surface area contributed by atoms with E-state index in [-0.39, 0.29) is 34.0 Å². The molecule has 0 spiro atoms. The van der Waals surface area contributed by atoms with Crippen LogP contribution in [0, 0.1) is 12.5 Å². The summed E-state index contributed by atoms with van der Waals surface area (Å²) < 4.78 is 4.98. The fraction of sp³-hybridized carbons (Fsp3) is 0.286. The molecule has 1 rings (SSSR count). The van der Waals surface area contributed by atoms with Crippen molar-refractivity contribution in [2.75, 3.05) is 6.61 Å². The molecule has 20 heavy (non-hydrogen) atoms. The summed E-state index contributed by atoms with van der Waals surface area (Å²) in [6.45, 7) is 11.0. The first-order chi connectivity index (χ1) is 9.35. The number of halogens is 2. The Kier molecular flexibility index (Phi) is 5.87. The molecule has 0 fully saturated rings. The average Bonchev–Trinajstić information content (AvgIpc) is 2.39. The zero-order valence-corrected chi connectivity index (χ0v) is 12.5. The highest BCUT2D eigenvalue weighted by Crippen LogP contribution is 2.33. The third-order valence-corrected chi connectivity index (χ3v) is 2.80. The Labute approximate surface area is 127 Å². The molecule has 1 aromatic rings. The van der Waals surface area contributed by atoms with Crippen LogP contribution in [0.25, 0.3) is 10.9 Å². The van der Waals surface area contributed by atoms with Crippen molar-refractivity contribution in [2.45, 2.75) is 13.8 Å². The van der Waals surface area contributed by atoms with Gasteiger partial charge < -0.3 is 9.84 Å². The number of carbonyl (C=O) groups excluding carboxylic acids is 1. The summed E-state index contributed by atoms with van der Waals surface area (Å²) in [5.74, 6) is -0.755. The minimum atomic E-state index is -0.700. The lowest BCUT2D eigenvalue weighted by Crippen LogP contribution is -2.10. The van der Waals surface area contributed by atoms with Crippen LogP contribution in [0.1, 0.15) is 19.4 Å². The van der Waals surface area contributed by atoms with Crippen molar-refractivity contribution in [3.05, 3.63) is 44.9 Å². The molecule has 0 aliphatic carbocycles. The third-order valence-electron chi connectivity index (χ3n) is 2.22. The van der Waals surface area contributed by atoms with Crippen molar-refractivity contribution in [2.24, 2.45) is 5.92 Å². The van der Waals surface area contributed by atoms with Gasteiger partial charge in [-0.3, -0.25) is 4.79 Å². The van der Waals surface area contributed by atoms with E-state index in [1.165, 1.54) is 18.2 Å². The zero-order valence-electron chi connectivity index (χ0n) is 11.0. The maximum atomic E-state index is 11.7. The van der Waals surface area contributed by atoms with E-state index in [2.05, 4.69) is 4.85 Å².